The Morgan fingerprint density at radius 1 is 0.756 bits per heavy atom. The molecule has 0 unspecified atom stereocenters. The van der Waals surface area contributed by atoms with Crippen molar-refractivity contribution in [3.8, 4) is 17.0 Å². The Morgan fingerprint density at radius 3 is 1.96 bits per heavy atom. The molecule has 16 heteroatoms. The Kier molecular flexibility index (Phi) is 14.8. The number of anilines is 2. The Bertz CT molecular complexity index is 1330. The minimum absolute atomic E-state index is 0.221. The van der Waals surface area contributed by atoms with Crippen LogP contribution < -0.4 is 20.7 Å². The number of rotatable bonds is 20. The molecule has 0 aliphatic rings. The van der Waals surface area contributed by atoms with Gasteiger partial charge in [0, 0.05) is 36.0 Å². The molecular formula is C29H34F3N5O8. The first-order valence-corrected chi connectivity index (χ1v) is 13.8. The van der Waals surface area contributed by atoms with E-state index in [0.29, 0.717) is 81.1 Å². The molecule has 2 aromatic carbocycles. The molecule has 0 aliphatic heterocycles. The number of carboxylic acid groups (broad SMARTS) is 1. The summed E-state index contributed by atoms with van der Waals surface area (Å²) >= 11 is 0. The van der Waals surface area contributed by atoms with E-state index in [1.165, 1.54) is 30.6 Å². The zero-order valence-electron chi connectivity index (χ0n) is 24.2. The SMILES string of the molecule is O=C(O)NCCOCCOCCOCCOCCNC(=O)c1cccc(-c2cc(Nc3ccc(OC(F)(F)F)cc3)ncn2)c1. The predicted octanol–water partition coefficient (Wildman–Crippen LogP) is 3.85. The van der Waals surface area contributed by atoms with Gasteiger partial charge >= 0.3 is 12.5 Å². The van der Waals surface area contributed by atoms with Crippen LogP contribution >= 0.6 is 0 Å². The molecule has 0 saturated carbocycles. The third-order valence-corrected chi connectivity index (χ3v) is 5.62. The van der Waals surface area contributed by atoms with Gasteiger partial charge in [0.1, 0.15) is 17.9 Å². The number of nitrogens with zero attached hydrogens (tertiary/aromatic N) is 2. The lowest BCUT2D eigenvalue weighted by atomic mass is 10.1. The fraction of sp³-hybridized carbons (Fsp3) is 0.379. The third-order valence-electron chi connectivity index (χ3n) is 5.62. The number of carbonyl (C=O) groups excluding carboxylic acids is 1. The van der Waals surface area contributed by atoms with Gasteiger partial charge in [0.25, 0.3) is 5.91 Å². The van der Waals surface area contributed by atoms with Crippen LogP contribution in [0.1, 0.15) is 10.4 Å². The second-order valence-electron chi connectivity index (χ2n) is 9.00. The van der Waals surface area contributed by atoms with E-state index in [1.807, 2.05) is 0 Å². The monoisotopic (exact) mass is 637 g/mol. The molecule has 4 N–H and O–H groups in total. The van der Waals surface area contributed by atoms with Gasteiger partial charge in [-0.3, -0.25) is 4.79 Å². The van der Waals surface area contributed by atoms with Gasteiger partial charge in [-0.25, -0.2) is 14.8 Å². The molecule has 0 saturated heterocycles. The number of halogens is 3. The van der Waals surface area contributed by atoms with Crippen molar-refractivity contribution in [2.75, 3.05) is 71.3 Å². The molecule has 45 heavy (non-hydrogen) atoms. The Labute approximate surface area is 257 Å². The van der Waals surface area contributed by atoms with E-state index in [4.69, 9.17) is 24.1 Å². The molecule has 0 radical (unpaired) electrons. The van der Waals surface area contributed by atoms with Gasteiger partial charge in [0.15, 0.2) is 0 Å². The zero-order chi connectivity index (χ0) is 32.3. The number of amides is 2. The predicted molar refractivity (Wildman–Crippen MR) is 156 cm³/mol. The Morgan fingerprint density at radius 2 is 1.36 bits per heavy atom. The third kappa shape index (κ3) is 14.7. The van der Waals surface area contributed by atoms with Crippen molar-refractivity contribution in [1.29, 1.82) is 0 Å². The van der Waals surface area contributed by atoms with Gasteiger partial charge < -0.3 is 44.7 Å². The van der Waals surface area contributed by atoms with Crippen molar-refractivity contribution in [2.24, 2.45) is 0 Å². The van der Waals surface area contributed by atoms with Crippen LogP contribution in [0.15, 0.2) is 60.9 Å². The maximum absolute atomic E-state index is 12.6. The number of nitrogens with one attached hydrogen (secondary N) is 3. The number of ether oxygens (including phenoxy) is 5. The van der Waals surface area contributed by atoms with E-state index in [9.17, 15) is 22.8 Å². The van der Waals surface area contributed by atoms with Gasteiger partial charge in [0.05, 0.1) is 58.5 Å². The highest BCUT2D eigenvalue weighted by molar-refractivity contribution is 5.95. The summed E-state index contributed by atoms with van der Waals surface area (Å²) in [5.41, 5.74) is 2.12. The van der Waals surface area contributed by atoms with E-state index in [1.54, 1.807) is 30.3 Å². The van der Waals surface area contributed by atoms with E-state index in [0.717, 1.165) is 0 Å². The minimum atomic E-state index is -4.77. The van der Waals surface area contributed by atoms with Crippen molar-refractivity contribution in [2.45, 2.75) is 6.36 Å². The van der Waals surface area contributed by atoms with Gasteiger partial charge in [-0.05, 0) is 36.4 Å². The number of hydrogen-bond acceptors (Lipinski definition) is 10. The summed E-state index contributed by atoms with van der Waals surface area (Å²) in [6.07, 6.45) is -4.52. The number of hydrogen-bond donors (Lipinski definition) is 4. The zero-order valence-corrected chi connectivity index (χ0v) is 24.2. The van der Waals surface area contributed by atoms with E-state index in [2.05, 4.69) is 30.7 Å². The van der Waals surface area contributed by atoms with Gasteiger partial charge in [-0.2, -0.15) is 0 Å². The van der Waals surface area contributed by atoms with Crippen molar-refractivity contribution in [3.63, 3.8) is 0 Å². The van der Waals surface area contributed by atoms with E-state index < -0.39 is 12.5 Å². The normalized spacial score (nSPS) is 11.2. The van der Waals surface area contributed by atoms with Gasteiger partial charge in [0.2, 0.25) is 0 Å². The quantitative estimate of drug-likeness (QED) is 0.133. The van der Waals surface area contributed by atoms with Gasteiger partial charge in [-0.1, -0.05) is 12.1 Å². The summed E-state index contributed by atoms with van der Waals surface area (Å²) in [4.78, 5) is 31.3. The van der Waals surface area contributed by atoms with Crippen LogP contribution in [0.25, 0.3) is 11.3 Å². The number of carbonyl (C=O) groups is 2. The number of benzene rings is 2. The molecule has 244 valence electrons. The summed E-state index contributed by atoms with van der Waals surface area (Å²) in [6, 6.07) is 13.7. The fourth-order valence-electron chi connectivity index (χ4n) is 3.62. The van der Waals surface area contributed by atoms with Crippen LogP contribution in [0.4, 0.5) is 29.5 Å². The molecule has 0 atom stereocenters. The minimum Gasteiger partial charge on any atom is -0.465 e. The largest absolute Gasteiger partial charge is 0.573 e. The number of alkyl halides is 3. The van der Waals surface area contributed by atoms with Crippen LogP contribution in [-0.2, 0) is 18.9 Å². The summed E-state index contributed by atoms with van der Waals surface area (Å²) in [5.74, 6) is -0.220. The molecule has 3 rings (SSSR count). The number of aromatic nitrogens is 2. The van der Waals surface area contributed by atoms with Crippen LogP contribution in [0.5, 0.6) is 5.75 Å². The smallest absolute Gasteiger partial charge is 0.465 e. The molecule has 0 spiro atoms. The van der Waals surface area contributed by atoms with E-state index >= 15 is 0 Å². The average Bonchev–Trinajstić information content (AvgIpc) is 3.01. The Balaban J connectivity index is 1.30. The first-order valence-electron chi connectivity index (χ1n) is 13.8. The highest BCUT2D eigenvalue weighted by Crippen LogP contribution is 2.26. The molecule has 1 aromatic heterocycles. The summed E-state index contributed by atoms with van der Waals surface area (Å²) in [7, 11) is 0. The van der Waals surface area contributed by atoms with Crippen LogP contribution in [0.3, 0.4) is 0 Å². The van der Waals surface area contributed by atoms with Crippen molar-refractivity contribution in [1.82, 2.24) is 20.6 Å². The van der Waals surface area contributed by atoms with Crippen LogP contribution in [-0.4, -0.2) is 99.4 Å². The molecule has 0 aliphatic carbocycles. The second kappa shape index (κ2) is 19.0. The molecule has 13 nitrogen and oxygen atoms in total. The van der Waals surface area contributed by atoms with Crippen molar-refractivity contribution >= 4 is 23.5 Å². The maximum Gasteiger partial charge on any atom is 0.573 e. The summed E-state index contributed by atoms with van der Waals surface area (Å²) in [6.45, 7) is 3.29. The molecule has 0 fully saturated rings. The van der Waals surface area contributed by atoms with Crippen LogP contribution in [0.2, 0.25) is 0 Å². The lowest BCUT2D eigenvalue weighted by Gasteiger charge is -2.11. The summed E-state index contributed by atoms with van der Waals surface area (Å²) in [5, 5.41) is 16.4. The highest BCUT2D eigenvalue weighted by Gasteiger charge is 2.30. The molecular weight excluding hydrogens is 603 g/mol. The van der Waals surface area contributed by atoms with Crippen molar-refractivity contribution in [3.05, 3.63) is 66.5 Å². The fourth-order valence-corrected chi connectivity index (χ4v) is 3.62. The Hall–Kier alpha value is -4.51. The first kappa shape index (κ1) is 35.0. The van der Waals surface area contributed by atoms with Crippen molar-refractivity contribution < 1.29 is 51.6 Å². The second-order valence-corrected chi connectivity index (χ2v) is 9.00. The van der Waals surface area contributed by atoms with E-state index in [-0.39, 0.29) is 24.8 Å². The lowest BCUT2D eigenvalue weighted by Crippen LogP contribution is -2.27. The standard InChI is InChI=1S/C29H34F3N5O8/c30-29(31,32)45-24-6-4-23(5-7-24)37-26-19-25(35-20-36-26)21-2-1-3-22(18-21)27(38)33-8-10-41-12-14-43-16-17-44-15-13-42-11-9-34-28(39)40/h1-7,18-20,34H,8-17H2,(H,33,38)(H,39,40)(H,35,36,37). The van der Waals surface area contributed by atoms with Gasteiger partial charge in [-0.15, -0.1) is 13.2 Å². The molecule has 3 aromatic rings. The highest BCUT2D eigenvalue weighted by atomic mass is 19.4. The summed E-state index contributed by atoms with van der Waals surface area (Å²) < 4.78 is 62.4. The topological polar surface area (TPSA) is 162 Å². The van der Waals surface area contributed by atoms with Crippen LogP contribution in [0, 0.1) is 0 Å². The first-order chi connectivity index (χ1) is 21.7. The molecule has 2 amide bonds. The molecule has 0 bridgehead atoms. The lowest BCUT2D eigenvalue weighted by molar-refractivity contribution is -0.274. The molecule has 1 heterocycles. The maximum atomic E-state index is 12.6. The average molecular weight is 638 g/mol.